The molecule has 0 atom stereocenters. The third-order valence-electron chi connectivity index (χ3n) is 4.05. The van der Waals surface area contributed by atoms with Crippen LogP contribution in [0.3, 0.4) is 0 Å². The number of aryl methyl sites for hydroxylation is 1. The summed E-state index contributed by atoms with van der Waals surface area (Å²) in [7, 11) is -2.80. The minimum atomic E-state index is -2.80. The van der Waals surface area contributed by atoms with Crippen molar-refractivity contribution in [2.45, 2.75) is 38.9 Å². The molecule has 112 valence electrons. The van der Waals surface area contributed by atoms with Crippen LogP contribution in [0.25, 0.3) is 0 Å². The third kappa shape index (κ3) is 3.62. The second kappa shape index (κ2) is 5.50. The molecule has 3 rings (SSSR count). The molecule has 0 amide bonds. The highest BCUT2D eigenvalue weighted by atomic mass is 32.2. The topological polar surface area (TPSA) is 62.6 Å². The van der Waals surface area contributed by atoms with Gasteiger partial charge in [-0.1, -0.05) is 0 Å². The largest absolute Gasteiger partial charge is 0.465 e. The Balaban J connectivity index is 1.56. The first-order valence-corrected chi connectivity index (χ1v) is 9.08. The van der Waals surface area contributed by atoms with Gasteiger partial charge in [-0.3, -0.25) is 4.90 Å². The maximum Gasteiger partial charge on any atom is 0.152 e. The van der Waals surface area contributed by atoms with E-state index in [0.29, 0.717) is 25.7 Å². The molecule has 1 aliphatic carbocycles. The molecule has 0 aromatic carbocycles. The molecule has 1 aliphatic heterocycles. The van der Waals surface area contributed by atoms with Crippen LogP contribution in [0.5, 0.6) is 0 Å². The smallest absolute Gasteiger partial charge is 0.152 e. The first-order chi connectivity index (χ1) is 9.52. The van der Waals surface area contributed by atoms with E-state index in [1.54, 1.807) is 0 Å². The Morgan fingerprint density at radius 2 is 2.05 bits per heavy atom. The Morgan fingerprint density at radius 1 is 1.35 bits per heavy atom. The van der Waals surface area contributed by atoms with Crippen LogP contribution in [0.15, 0.2) is 10.5 Å². The summed E-state index contributed by atoms with van der Waals surface area (Å²) in [5.41, 5.74) is 1.22. The predicted octanol–water partition coefficient (Wildman–Crippen LogP) is 1.07. The summed E-state index contributed by atoms with van der Waals surface area (Å²) in [4.78, 5) is 2.15. The molecule has 0 unspecified atom stereocenters. The number of hydrogen-bond donors (Lipinski definition) is 1. The molecular weight excluding hydrogens is 276 g/mol. The van der Waals surface area contributed by atoms with Crippen molar-refractivity contribution in [3.63, 3.8) is 0 Å². The lowest BCUT2D eigenvalue weighted by Crippen LogP contribution is -2.39. The molecule has 1 aromatic heterocycles. The molecule has 2 fully saturated rings. The Hall–Kier alpha value is -0.850. The number of sulfone groups is 1. The normalized spacial score (nSPS) is 23.1. The van der Waals surface area contributed by atoms with Gasteiger partial charge in [-0.25, -0.2) is 8.42 Å². The van der Waals surface area contributed by atoms with Crippen LogP contribution in [0, 0.1) is 6.92 Å². The van der Waals surface area contributed by atoms with Crippen molar-refractivity contribution in [1.29, 1.82) is 0 Å². The number of hydrogen-bond acceptors (Lipinski definition) is 5. The Bertz CT molecular complexity index is 561. The summed E-state index contributed by atoms with van der Waals surface area (Å²) < 4.78 is 28.6. The van der Waals surface area contributed by atoms with Crippen LogP contribution >= 0.6 is 0 Å². The highest BCUT2D eigenvalue weighted by Crippen LogP contribution is 2.22. The molecule has 2 aliphatic rings. The number of nitrogens with zero attached hydrogens (tertiary/aromatic N) is 1. The SMILES string of the molecule is Cc1oc(CN2CCS(=O)(=O)CC2)cc1CNC1CC1. The maximum atomic E-state index is 11.4. The van der Waals surface area contributed by atoms with Crippen molar-refractivity contribution in [3.8, 4) is 0 Å². The Kier molecular flexibility index (Phi) is 3.88. The van der Waals surface area contributed by atoms with E-state index in [4.69, 9.17) is 4.42 Å². The van der Waals surface area contributed by atoms with Crippen LogP contribution in [0.2, 0.25) is 0 Å². The van der Waals surface area contributed by atoms with Crippen LogP contribution < -0.4 is 5.32 Å². The van der Waals surface area contributed by atoms with E-state index in [2.05, 4.69) is 16.3 Å². The zero-order valence-electron chi connectivity index (χ0n) is 11.9. The quantitative estimate of drug-likeness (QED) is 0.881. The van der Waals surface area contributed by atoms with Gasteiger partial charge >= 0.3 is 0 Å². The predicted molar refractivity (Wildman–Crippen MR) is 77.2 cm³/mol. The Morgan fingerprint density at radius 3 is 2.70 bits per heavy atom. The van der Waals surface area contributed by atoms with E-state index in [1.165, 1.54) is 18.4 Å². The summed E-state index contributed by atoms with van der Waals surface area (Å²) in [5, 5.41) is 3.49. The van der Waals surface area contributed by atoms with Gasteiger partial charge in [0.25, 0.3) is 0 Å². The molecule has 1 aromatic rings. The maximum absolute atomic E-state index is 11.4. The standard InChI is InChI=1S/C14H22N2O3S/c1-11-12(9-15-13-2-3-13)8-14(19-11)10-16-4-6-20(17,18)7-5-16/h8,13,15H,2-7,9-10H2,1H3. The summed E-state index contributed by atoms with van der Waals surface area (Å²) in [6.45, 7) is 4.79. The number of furan rings is 1. The second-order valence-corrected chi connectivity index (χ2v) is 8.18. The summed E-state index contributed by atoms with van der Waals surface area (Å²) >= 11 is 0. The van der Waals surface area contributed by atoms with Gasteiger partial charge in [0.1, 0.15) is 11.5 Å². The summed E-state index contributed by atoms with van der Waals surface area (Å²) in [5.74, 6) is 2.44. The highest BCUT2D eigenvalue weighted by molar-refractivity contribution is 7.91. The van der Waals surface area contributed by atoms with E-state index in [-0.39, 0.29) is 11.5 Å². The molecule has 1 N–H and O–H groups in total. The van der Waals surface area contributed by atoms with Crippen molar-refractivity contribution in [2.24, 2.45) is 0 Å². The van der Waals surface area contributed by atoms with Crippen LogP contribution in [0.1, 0.15) is 29.9 Å². The van der Waals surface area contributed by atoms with Gasteiger partial charge in [-0.2, -0.15) is 0 Å². The van der Waals surface area contributed by atoms with E-state index >= 15 is 0 Å². The zero-order chi connectivity index (χ0) is 14.2. The van der Waals surface area contributed by atoms with Gasteiger partial charge in [0.05, 0.1) is 18.1 Å². The van der Waals surface area contributed by atoms with E-state index < -0.39 is 9.84 Å². The van der Waals surface area contributed by atoms with Crippen molar-refractivity contribution in [2.75, 3.05) is 24.6 Å². The summed E-state index contributed by atoms with van der Waals surface area (Å²) in [6.07, 6.45) is 2.57. The van der Waals surface area contributed by atoms with Gasteiger partial charge in [0.2, 0.25) is 0 Å². The lowest BCUT2D eigenvalue weighted by molar-refractivity contribution is 0.260. The van der Waals surface area contributed by atoms with E-state index in [9.17, 15) is 8.42 Å². The average Bonchev–Trinajstić information content (AvgIpc) is 3.15. The molecule has 0 spiro atoms. The van der Waals surface area contributed by atoms with Crippen LogP contribution in [-0.4, -0.2) is 44.0 Å². The van der Waals surface area contributed by atoms with Gasteiger partial charge in [-0.05, 0) is 25.8 Å². The Labute approximate surface area is 120 Å². The van der Waals surface area contributed by atoms with Crippen molar-refractivity contribution < 1.29 is 12.8 Å². The first-order valence-electron chi connectivity index (χ1n) is 7.26. The molecule has 1 saturated carbocycles. The minimum absolute atomic E-state index is 0.267. The fourth-order valence-electron chi connectivity index (χ4n) is 2.51. The van der Waals surface area contributed by atoms with Gasteiger partial charge in [0, 0.05) is 31.2 Å². The molecule has 6 heteroatoms. The zero-order valence-corrected chi connectivity index (χ0v) is 12.7. The third-order valence-corrected chi connectivity index (χ3v) is 5.66. The van der Waals surface area contributed by atoms with E-state index in [0.717, 1.165) is 18.1 Å². The second-order valence-electron chi connectivity index (χ2n) is 5.88. The molecule has 20 heavy (non-hydrogen) atoms. The first kappa shape index (κ1) is 14.1. The van der Waals surface area contributed by atoms with Crippen LogP contribution in [-0.2, 0) is 22.9 Å². The van der Waals surface area contributed by atoms with Crippen molar-refractivity contribution in [3.05, 3.63) is 23.2 Å². The molecule has 0 bridgehead atoms. The molecule has 5 nitrogen and oxygen atoms in total. The molecule has 0 radical (unpaired) electrons. The van der Waals surface area contributed by atoms with Crippen molar-refractivity contribution >= 4 is 9.84 Å². The molecule has 2 heterocycles. The number of rotatable bonds is 5. The molecular formula is C14H22N2O3S. The van der Waals surface area contributed by atoms with Gasteiger partial charge in [0.15, 0.2) is 9.84 Å². The average molecular weight is 298 g/mol. The highest BCUT2D eigenvalue weighted by Gasteiger charge is 2.23. The van der Waals surface area contributed by atoms with Crippen molar-refractivity contribution in [1.82, 2.24) is 10.2 Å². The lowest BCUT2D eigenvalue weighted by atomic mass is 10.2. The summed E-state index contributed by atoms with van der Waals surface area (Å²) in [6, 6.07) is 2.80. The fourth-order valence-corrected chi connectivity index (χ4v) is 3.79. The van der Waals surface area contributed by atoms with Crippen LogP contribution in [0.4, 0.5) is 0 Å². The monoisotopic (exact) mass is 298 g/mol. The minimum Gasteiger partial charge on any atom is -0.465 e. The van der Waals surface area contributed by atoms with Gasteiger partial charge < -0.3 is 9.73 Å². The fraction of sp³-hybridized carbons (Fsp3) is 0.714. The number of nitrogens with one attached hydrogen (secondary N) is 1. The van der Waals surface area contributed by atoms with E-state index in [1.807, 2.05) is 6.92 Å². The lowest BCUT2D eigenvalue weighted by Gasteiger charge is -2.25. The van der Waals surface area contributed by atoms with Gasteiger partial charge in [-0.15, -0.1) is 0 Å². The molecule has 1 saturated heterocycles.